The highest BCUT2D eigenvalue weighted by Gasteiger charge is 2.45. The first-order valence-corrected chi connectivity index (χ1v) is 9.47. The van der Waals surface area contributed by atoms with Crippen LogP contribution in [0.4, 0.5) is 5.95 Å². The van der Waals surface area contributed by atoms with E-state index in [4.69, 9.17) is 20.7 Å². The minimum Gasteiger partial charge on any atom is -0.387 e. The fourth-order valence-electron chi connectivity index (χ4n) is 2.65. The number of nitrogens with zero attached hydrogens (tertiary/aromatic N) is 3. The van der Waals surface area contributed by atoms with E-state index >= 15 is 0 Å². The number of fused-ring (bicyclic) bond motifs is 1. The molecular formula is C12H20N7O7P. The second kappa shape index (κ2) is 7.61. The van der Waals surface area contributed by atoms with Crippen LogP contribution in [0.3, 0.4) is 0 Å². The summed E-state index contributed by atoms with van der Waals surface area (Å²) in [5.74, 6) is -0.158. The molecule has 0 aromatic carbocycles. The van der Waals surface area contributed by atoms with E-state index in [0.717, 1.165) is 0 Å². The molecule has 0 bridgehead atoms. The molecule has 1 aliphatic heterocycles. The van der Waals surface area contributed by atoms with E-state index in [-0.39, 0.29) is 30.2 Å². The quantitative estimate of drug-likeness (QED) is 0.229. The lowest BCUT2D eigenvalue weighted by Gasteiger charge is -2.18. The molecule has 3 heterocycles. The van der Waals surface area contributed by atoms with Crippen LogP contribution in [0.25, 0.3) is 11.2 Å². The Kier molecular flexibility index (Phi) is 5.60. The Balaban J connectivity index is 1.78. The number of hydrogen-bond donors (Lipinski definition) is 7. The number of anilines is 1. The standard InChI is InChI=1S/C12H20N7O7P/c13-1-2-16-27(23,24)25-3-5-7(20)8(21)11(26-5)19-4-15-6-9(19)17-12(14)18-10(6)22/h4-5,7-8,11,20-21H,1-3,13H2,(H2,16,23,24)(H3,14,17,18,22). The molecule has 0 aliphatic carbocycles. The zero-order chi connectivity index (χ0) is 19.8. The van der Waals surface area contributed by atoms with Crippen molar-refractivity contribution in [3.05, 3.63) is 16.7 Å². The van der Waals surface area contributed by atoms with Crippen LogP contribution in [-0.2, 0) is 13.8 Å². The first-order valence-electron chi connectivity index (χ1n) is 7.90. The van der Waals surface area contributed by atoms with E-state index in [2.05, 4.69) is 20.0 Å². The highest BCUT2D eigenvalue weighted by Crippen LogP contribution is 2.39. The molecule has 5 atom stereocenters. The molecule has 0 radical (unpaired) electrons. The number of nitrogens with two attached hydrogens (primary N) is 2. The molecule has 0 amide bonds. The van der Waals surface area contributed by atoms with Crippen molar-refractivity contribution in [1.82, 2.24) is 24.6 Å². The third-order valence-electron chi connectivity index (χ3n) is 3.93. The maximum absolute atomic E-state index is 11.8. The van der Waals surface area contributed by atoms with Crippen molar-refractivity contribution in [2.45, 2.75) is 24.5 Å². The Bertz CT molecular complexity index is 917. The zero-order valence-corrected chi connectivity index (χ0v) is 14.8. The van der Waals surface area contributed by atoms with Gasteiger partial charge in [-0.25, -0.2) is 14.6 Å². The van der Waals surface area contributed by atoms with Crippen LogP contribution >= 0.6 is 7.75 Å². The van der Waals surface area contributed by atoms with Crippen LogP contribution in [0.15, 0.2) is 11.1 Å². The highest BCUT2D eigenvalue weighted by molar-refractivity contribution is 7.50. The van der Waals surface area contributed by atoms with Gasteiger partial charge in [-0.3, -0.25) is 18.9 Å². The van der Waals surface area contributed by atoms with Crippen LogP contribution in [0.1, 0.15) is 6.23 Å². The van der Waals surface area contributed by atoms with Gasteiger partial charge in [0.15, 0.2) is 17.4 Å². The summed E-state index contributed by atoms with van der Waals surface area (Å²) in [5.41, 5.74) is 10.2. The predicted octanol–water partition coefficient (Wildman–Crippen LogP) is -3.01. The van der Waals surface area contributed by atoms with Crippen LogP contribution in [0.5, 0.6) is 0 Å². The lowest BCUT2D eigenvalue weighted by atomic mass is 10.1. The summed E-state index contributed by atoms with van der Waals surface area (Å²) in [6.07, 6.45) is -3.95. The van der Waals surface area contributed by atoms with Crippen LogP contribution in [0.2, 0.25) is 0 Å². The molecule has 9 N–H and O–H groups in total. The highest BCUT2D eigenvalue weighted by atomic mass is 31.2. The summed E-state index contributed by atoms with van der Waals surface area (Å²) in [6, 6.07) is 0. The Morgan fingerprint density at radius 3 is 2.89 bits per heavy atom. The van der Waals surface area contributed by atoms with Gasteiger partial charge in [-0.1, -0.05) is 0 Å². The second-order valence-corrected chi connectivity index (χ2v) is 7.45. The van der Waals surface area contributed by atoms with Gasteiger partial charge in [0.1, 0.15) is 18.3 Å². The van der Waals surface area contributed by atoms with Crippen molar-refractivity contribution < 1.29 is 28.9 Å². The van der Waals surface area contributed by atoms with Gasteiger partial charge in [0.2, 0.25) is 5.95 Å². The molecule has 14 nitrogen and oxygen atoms in total. The maximum atomic E-state index is 11.8. The molecule has 27 heavy (non-hydrogen) atoms. The number of imidazole rings is 1. The SMILES string of the molecule is NCCNP(=O)(O)OCC1OC(n2cnc3c(=O)[nH]c(N)nc32)C(O)C1O. The molecule has 0 spiro atoms. The summed E-state index contributed by atoms with van der Waals surface area (Å²) >= 11 is 0. The fourth-order valence-corrected chi connectivity index (χ4v) is 3.50. The van der Waals surface area contributed by atoms with Crippen molar-refractivity contribution in [1.29, 1.82) is 0 Å². The normalized spacial score (nSPS) is 27.9. The van der Waals surface area contributed by atoms with E-state index in [1.807, 2.05) is 0 Å². The van der Waals surface area contributed by atoms with Crippen molar-refractivity contribution in [2.24, 2.45) is 5.73 Å². The number of hydrogen-bond acceptors (Lipinski definition) is 10. The number of aliphatic hydroxyl groups excluding tert-OH is 2. The van der Waals surface area contributed by atoms with Gasteiger partial charge in [0, 0.05) is 13.1 Å². The third kappa shape index (κ3) is 4.02. The second-order valence-electron chi connectivity index (χ2n) is 5.83. The Morgan fingerprint density at radius 2 is 2.19 bits per heavy atom. The van der Waals surface area contributed by atoms with Crippen molar-refractivity contribution in [3.63, 3.8) is 0 Å². The van der Waals surface area contributed by atoms with Crippen molar-refractivity contribution >= 4 is 24.9 Å². The molecule has 3 rings (SSSR count). The van der Waals surface area contributed by atoms with Gasteiger partial charge in [-0.2, -0.15) is 4.98 Å². The molecule has 0 saturated carbocycles. The van der Waals surface area contributed by atoms with E-state index < -0.39 is 44.5 Å². The lowest BCUT2D eigenvalue weighted by Crippen LogP contribution is -2.34. The molecular weight excluding hydrogens is 385 g/mol. The Hall–Kier alpha value is -1.90. The first-order chi connectivity index (χ1) is 12.7. The van der Waals surface area contributed by atoms with Gasteiger partial charge in [0.05, 0.1) is 12.9 Å². The molecule has 1 aliphatic rings. The van der Waals surface area contributed by atoms with Crippen molar-refractivity contribution in [2.75, 3.05) is 25.4 Å². The first kappa shape index (κ1) is 19.9. The number of aliphatic hydroxyl groups is 2. The summed E-state index contributed by atoms with van der Waals surface area (Å²) in [5, 5.41) is 22.7. The predicted molar refractivity (Wildman–Crippen MR) is 91.3 cm³/mol. The molecule has 15 heteroatoms. The summed E-state index contributed by atoms with van der Waals surface area (Å²) in [4.78, 5) is 31.6. The Morgan fingerprint density at radius 1 is 1.44 bits per heavy atom. The van der Waals surface area contributed by atoms with Crippen molar-refractivity contribution in [3.8, 4) is 0 Å². The van der Waals surface area contributed by atoms with Gasteiger partial charge in [0.25, 0.3) is 5.56 Å². The van der Waals surface area contributed by atoms with E-state index in [1.54, 1.807) is 0 Å². The topological polar surface area (TPSA) is 224 Å². The number of aromatic nitrogens is 4. The number of nitrogen functional groups attached to an aromatic ring is 1. The minimum absolute atomic E-state index is 0.0277. The van der Waals surface area contributed by atoms with Gasteiger partial charge < -0.3 is 31.3 Å². The lowest BCUT2D eigenvalue weighted by molar-refractivity contribution is -0.0487. The van der Waals surface area contributed by atoms with Gasteiger partial charge in [-0.05, 0) is 0 Å². The van der Waals surface area contributed by atoms with E-state index in [9.17, 15) is 24.5 Å². The van der Waals surface area contributed by atoms with E-state index in [0.29, 0.717) is 0 Å². The van der Waals surface area contributed by atoms with Crippen LogP contribution < -0.4 is 22.1 Å². The fraction of sp³-hybridized carbons (Fsp3) is 0.583. The molecule has 1 saturated heterocycles. The average Bonchev–Trinajstić information content (AvgIpc) is 3.14. The number of aromatic amines is 1. The van der Waals surface area contributed by atoms with Gasteiger partial charge >= 0.3 is 7.75 Å². The monoisotopic (exact) mass is 405 g/mol. The zero-order valence-electron chi connectivity index (χ0n) is 13.9. The van der Waals surface area contributed by atoms with Crippen LogP contribution in [0, 0.1) is 0 Å². The third-order valence-corrected chi connectivity index (χ3v) is 5.05. The minimum atomic E-state index is -4.14. The summed E-state index contributed by atoms with van der Waals surface area (Å²) in [7, 11) is -4.14. The number of rotatable bonds is 7. The molecule has 2 aromatic rings. The summed E-state index contributed by atoms with van der Waals surface area (Å²) in [6.45, 7) is -0.307. The maximum Gasteiger partial charge on any atom is 0.403 e. The summed E-state index contributed by atoms with van der Waals surface area (Å²) < 4.78 is 23.4. The largest absolute Gasteiger partial charge is 0.403 e. The molecule has 5 unspecified atom stereocenters. The number of H-pyrrole nitrogens is 1. The molecule has 2 aromatic heterocycles. The Labute approximate surface area is 151 Å². The number of ether oxygens (including phenoxy) is 1. The van der Waals surface area contributed by atoms with Crippen LogP contribution in [-0.4, -0.2) is 72.6 Å². The number of nitrogens with one attached hydrogen (secondary N) is 2. The molecule has 1 fully saturated rings. The van der Waals surface area contributed by atoms with E-state index in [1.165, 1.54) is 10.9 Å². The smallest absolute Gasteiger partial charge is 0.387 e. The van der Waals surface area contributed by atoms with Gasteiger partial charge in [-0.15, -0.1) is 0 Å². The molecule has 150 valence electrons. The average molecular weight is 405 g/mol.